The summed E-state index contributed by atoms with van der Waals surface area (Å²) in [5, 5.41) is 10.3. The molecule has 0 amide bonds. The molecule has 0 saturated heterocycles. The number of benzene rings is 1. The van der Waals surface area contributed by atoms with Crippen LogP contribution in [0.25, 0.3) is 5.65 Å². The van der Waals surface area contributed by atoms with Crippen molar-refractivity contribution >= 4 is 17.2 Å². The van der Waals surface area contributed by atoms with Gasteiger partial charge in [-0.1, -0.05) is 69.0 Å². The van der Waals surface area contributed by atoms with Crippen molar-refractivity contribution in [3.05, 3.63) is 52.9 Å². The quantitative estimate of drug-likeness (QED) is 0.332. The molecule has 0 radical (unpaired) electrons. The first-order chi connectivity index (χ1) is 18.6. The van der Waals surface area contributed by atoms with Crippen molar-refractivity contribution in [1.29, 1.82) is 0 Å². The molecule has 1 atom stereocenters. The third-order valence-electron chi connectivity index (χ3n) is 9.29. The van der Waals surface area contributed by atoms with E-state index in [4.69, 9.17) is 31.3 Å². The van der Waals surface area contributed by atoms with E-state index in [0.717, 1.165) is 48.0 Å². The molecule has 3 fully saturated rings. The standard InChI is InChI=1S/C32H44ClN3O2/c1-24-27(33)14-10-15-28(24)38-29-16-11-23-36-30(29)34-35-31(36)32-20-17-25(18-21-32)12-8-6-4-3-5-7-9-13-26(37-2)19-22-32/h10-11,14-16,23,25-26H,3-9,12-13,17-22H2,1-2H3. The predicted molar refractivity (Wildman–Crippen MR) is 154 cm³/mol. The Hall–Kier alpha value is -2.11. The summed E-state index contributed by atoms with van der Waals surface area (Å²) in [6.07, 6.45) is 21.6. The zero-order chi connectivity index (χ0) is 26.4. The second kappa shape index (κ2) is 12.8. The molecule has 2 aromatic heterocycles. The van der Waals surface area contributed by atoms with Gasteiger partial charge in [0, 0.05) is 29.3 Å². The molecule has 0 N–H and O–H groups in total. The number of hydrogen-bond acceptors (Lipinski definition) is 4. The van der Waals surface area contributed by atoms with Gasteiger partial charge in [0.1, 0.15) is 11.6 Å². The van der Waals surface area contributed by atoms with Crippen LogP contribution in [0.4, 0.5) is 0 Å². The fourth-order valence-corrected chi connectivity index (χ4v) is 6.93. The minimum atomic E-state index is 0.0222. The van der Waals surface area contributed by atoms with Crippen LogP contribution in [-0.2, 0) is 10.2 Å². The summed E-state index contributed by atoms with van der Waals surface area (Å²) in [7, 11) is 1.89. The first-order valence-corrected chi connectivity index (χ1v) is 15.3. The number of ether oxygens (including phenoxy) is 2. The van der Waals surface area contributed by atoms with Crippen molar-refractivity contribution in [2.24, 2.45) is 5.92 Å². The Balaban J connectivity index is 1.44. The first kappa shape index (κ1) is 27.5. The van der Waals surface area contributed by atoms with Gasteiger partial charge in [-0.2, -0.15) is 0 Å². The van der Waals surface area contributed by atoms with Crippen LogP contribution in [0, 0.1) is 12.8 Å². The molecule has 1 unspecified atom stereocenters. The van der Waals surface area contributed by atoms with Crippen LogP contribution in [0.3, 0.4) is 0 Å². The number of aromatic nitrogens is 3. The maximum absolute atomic E-state index is 6.36. The van der Waals surface area contributed by atoms with Crippen molar-refractivity contribution in [2.45, 2.75) is 115 Å². The Bertz CT molecular complexity index is 1180. The number of fused-ring (bicyclic) bond motifs is 14. The van der Waals surface area contributed by atoms with Crippen molar-refractivity contribution in [2.75, 3.05) is 7.11 Å². The van der Waals surface area contributed by atoms with E-state index in [2.05, 4.69) is 10.6 Å². The number of halogens is 1. The molecule has 3 aromatic rings. The summed E-state index contributed by atoms with van der Waals surface area (Å²) in [6, 6.07) is 9.78. The van der Waals surface area contributed by atoms with E-state index in [0.29, 0.717) is 16.9 Å². The number of nitrogens with zero attached hydrogens (tertiary/aromatic N) is 3. The molecule has 5 nitrogen and oxygen atoms in total. The molecule has 0 aliphatic heterocycles. The van der Waals surface area contributed by atoms with Gasteiger partial charge < -0.3 is 9.47 Å². The highest BCUT2D eigenvalue weighted by molar-refractivity contribution is 6.31. The van der Waals surface area contributed by atoms with Crippen molar-refractivity contribution < 1.29 is 9.47 Å². The van der Waals surface area contributed by atoms with Gasteiger partial charge >= 0.3 is 0 Å². The minimum absolute atomic E-state index is 0.0222. The lowest BCUT2D eigenvalue weighted by Gasteiger charge is -2.40. The molecular formula is C32H44ClN3O2. The lowest BCUT2D eigenvalue weighted by atomic mass is 9.66. The molecule has 6 rings (SSSR count). The molecule has 0 spiro atoms. The molecule has 3 aliphatic rings. The monoisotopic (exact) mass is 537 g/mol. The van der Waals surface area contributed by atoms with Gasteiger partial charge in [0.25, 0.3) is 0 Å². The molecule has 3 saturated carbocycles. The second-order valence-electron chi connectivity index (χ2n) is 11.7. The van der Waals surface area contributed by atoms with Crippen LogP contribution in [0.15, 0.2) is 36.5 Å². The third kappa shape index (κ3) is 6.20. The Morgan fingerprint density at radius 2 is 1.50 bits per heavy atom. The first-order valence-electron chi connectivity index (χ1n) is 14.9. The normalized spacial score (nSPS) is 26.0. The van der Waals surface area contributed by atoms with Crippen molar-refractivity contribution in [3.63, 3.8) is 0 Å². The minimum Gasteiger partial charge on any atom is -0.453 e. The third-order valence-corrected chi connectivity index (χ3v) is 9.70. The van der Waals surface area contributed by atoms with E-state index in [-0.39, 0.29) is 5.41 Å². The number of methoxy groups -OCH3 is 1. The van der Waals surface area contributed by atoms with E-state index in [9.17, 15) is 0 Å². The summed E-state index contributed by atoms with van der Waals surface area (Å²) < 4.78 is 14.5. The Morgan fingerprint density at radius 1 is 0.816 bits per heavy atom. The molecule has 206 valence electrons. The van der Waals surface area contributed by atoms with Crippen LogP contribution in [0.1, 0.15) is 108 Å². The molecular weight excluding hydrogens is 494 g/mol. The van der Waals surface area contributed by atoms with Crippen LogP contribution < -0.4 is 4.74 Å². The number of hydrogen-bond donors (Lipinski definition) is 0. The number of rotatable bonds is 4. The molecule has 38 heavy (non-hydrogen) atoms. The smallest absolute Gasteiger partial charge is 0.203 e. The Kier molecular flexibility index (Phi) is 9.27. The highest BCUT2D eigenvalue weighted by Gasteiger charge is 2.41. The van der Waals surface area contributed by atoms with Gasteiger partial charge in [-0.25, -0.2) is 0 Å². The topological polar surface area (TPSA) is 48.7 Å². The summed E-state index contributed by atoms with van der Waals surface area (Å²) in [5.41, 5.74) is 1.72. The molecule has 2 heterocycles. The predicted octanol–water partition coefficient (Wildman–Crippen LogP) is 9.23. The van der Waals surface area contributed by atoms with Crippen molar-refractivity contribution in [1.82, 2.24) is 14.6 Å². The van der Waals surface area contributed by atoms with E-state index < -0.39 is 0 Å². The summed E-state index contributed by atoms with van der Waals surface area (Å²) in [5.74, 6) is 3.40. The van der Waals surface area contributed by atoms with Gasteiger partial charge in [-0.05, 0) is 82.1 Å². The van der Waals surface area contributed by atoms with E-state index in [1.165, 1.54) is 77.0 Å². The SMILES string of the molecule is COC1CCCCCCCCCC2CCC(c3nnc4c(Oc5cccc(Cl)c5C)cccn34)(CC2)CC1. The van der Waals surface area contributed by atoms with Crippen molar-refractivity contribution in [3.8, 4) is 11.5 Å². The summed E-state index contributed by atoms with van der Waals surface area (Å²) >= 11 is 6.36. The Labute approximate surface area is 233 Å². The zero-order valence-electron chi connectivity index (χ0n) is 23.3. The average Bonchev–Trinajstić information content (AvgIpc) is 3.38. The largest absolute Gasteiger partial charge is 0.453 e. The molecule has 1 aromatic carbocycles. The van der Waals surface area contributed by atoms with Gasteiger partial charge in [0.15, 0.2) is 5.75 Å². The second-order valence-corrected chi connectivity index (χ2v) is 12.1. The highest BCUT2D eigenvalue weighted by Crippen LogP contribution is 2.46. The van der Waals surface area contributed by atoms with Gasteiger partial charge in [-0.15, -0.1) is 10.2 Å². The maximum Gasteiger partial charge on any atom is 0.203 e. The van der Waals surface area contributed by atoms with Crippen LogP contribution in [-0.4, -0.2) is 27.8 Å². The fraction of sp³-hybridized carbons (Fsp3) is 0.625. The van der Waals surface area contributed by atoms with E-state index >= 15 is 0 Å². The summed E-state index contributed by atoms with van der Waals surface area (Å²) in [6.45, 7) is 1.98. The van der Waals surface area contributed by atoms with Gasteiger partial charge in [-0.3, -0.25) is 4.40 Å². The molecule has 3 aliphatic carbocycles. The lowest BCUT2D eigenvalue weighted by molar-refractivity contribution is 0.0699. The average molecular weight is 538 g/mol. The Morgan fingerprint density at radius 3 is 2.26 bits per heavy atom. The molecule has 6 heteroatoms. The van der Waals surface area contributed by atoms with Crippen LogP contribution in [0.5, 0.6) is 11.5 Å². The molecule has 2 bridgehead atoms. The van der Waals surface area contributed by atoms with Gasteiger partial charge in [0.05, 0.1) is 6.10 Å². The van der Waals surface area contributed by atoms with Crippen LogP contribution in [0.2, 0.25) is 5.02 Å². The zero-order valence-corrected chi connectivity index (χ0v) is 24.0. The maximum atomic E-state index is 6.36. The van der Waals surface area contributed by atoms with Gasteiger partial charge in [0.2, 0.25) is 5.65 Å². The number of pyridine rings is 1. The lowest BCUT2D eigenvalue weighted by Crippen LogP contribution is -2.35. The summed E-state index contributed by atoms with van der Waals surface area (Å²) in [4.78, 5) is 0. The van der Waals surface area contributed by atoms with E-state index in [1.807, 2.05) is 44.4 Å². The van der Waals surface area contributed by atoms with E-state index in [1.54, 1.807) is 0 Å². The highest BCUT2D eigenvalue weighted by atomic mass is 35.5. The van der Waals surface area contributed by atoms with Crippen LogP contribution >= 0.6 is 11.6 Å². The fourth-order valence-electron chi connectivity index (χ4n) is 6.76.